The molecule has 1 heterocycles. The fourth-order valence-electron chi connectivity index (χ4n) is 3.38. The summed E-state index contributed by atoms with van der Waals surface area (Å²) in [6, 6.07) is 0. The third kappa shape index (κ3) is 3.84. The number of methoxy groups -OCH3 is 1. The van der Waals surface area contributed by atoms with Crippen molar-refractivity contribution in [2.75, 3.05) is 20.2 Å². The van der Waals surface area contributed by atoms with E-state index in [1.54, 1.807) is 0 Å². The van der Waals surface area contributed by atoms with Gasteiger partial charge in [0.1, 0.15) is 0 Å². The van der Waals surface area contributed by atoms with Crippen molar-refractivity contribution in [1.29, 1.82) is 0 Å². The van der Waals surface area contributed by atoms with Crippen molar-refractivity contribution in [2.24, 2.45) is 5.41 Å². The van der Waals surface area contributed by atoms with Gasteiger partial charge in [-0.25, -0.2) is 0 Å². The van der Waals surface area contributed by atoms with E-state index in [-0.39, 0.29) is 11.9 Å². The molecule has 4 heteroatoms. The SMILES string of the molecule is COC(=O)CCCC(=O)N1CCCC2(CC=CCC2)C1. The van der Waals surface area contributed by atoms with E-state index in [2.05, 4.69) is 16.9 Å². The lowest BCUT2D eigenvalue weighted by atomic mass is 9.71. The lowest BCUT2D eigenvalue weighted by Gasteiger charge is -2.44. The van der Waals surface area contributed by atoms with Gasteiger partial charge in [-0.2, -0.15) is 0 Å². The molecule has 1 spiro atoms. The molecule has 0 radical (unpaired) electrons. The second kappa shape index (κ2) is 6.91. The molecule has 1 aliphatic carbocycles. The lowest BCUT2D eigenvalue weighted by molar-refractivity contribution is -0.141. The molecule has 0 aromatic rings. The quantitative estimate of drug-likeness (QED) is 0.587. The van der Waals surface area contributed by atoms with Crippen LogP contribution in [-0.4, -0.2) is 37.0 Å². The molecule has 0 aromatic heterocycles. The average molecular weight is 279 g/mol. The van der Waals surface area contributed by atoms with Crippen molar-refractivity contribution < 1.29 is 14.3 Å². The van der Waals surface area contributed by atoms with Crippen LogP contribution < -0.4 is 0 Å². The van der Waals surface area contributed by atoms with Gasteiger partial charge < -0.3 is 9.64 Å². The average Bonchev–Trinajstić information content (AvgIpc) is 2.47. The Morgan fingerprint density at radius 3 is 2.80 bits per heavy atom. The predicted molar refractivity (Wildman–Crippen MR) is 77.1 cm³/mol. The molecule has 0 saturated carbocycles. The Labute approximate surface area is 121 Å². The number of piperidine rings is 1. The molecule has 20 heavy (non-hydrogen) atoms. The number of ether oxygens (including phenoxy) is 1. The summed E-state index contributed by atoms with van der Waals surface area (Å²) in [5.41, 5.74) is 0.324. The number of carbonyl (C=O) groups excluding carboxylic acids is 2. The monoisotopic (exact) mass is 279 g/mol. The number of hydrogen-bond donors (Lipinski definition) is 0. The summed E-state index contributed by atoms with van der Waals surface area (Å²) in [5.74, 6) is -0.0344. The van der Waals surface area contributed by atoms with Crippen LogP contribution in [0.5, 0.6) is 0 Å². The lowest BCUT2D eigenvalue weighted by Crippen LogP contribution is -2.46. The molecule has 0 bridgehead atoms. The van der Waals surface area contributed by atoms with Gasteiger partial charge >= 0.3 is 5.97 Å². The van der Waals surface area contributed by atoms with Crippen LogP contribution in [0.15, 0.2) is 12.2 Å². The van der Waals surface area contributed by atoms with E-state index >= 15 is 0 Å². The number of hydrogen-bond acceptors (Lipinski definition) is 3. The smallest absolute Gasteiger partial charge is 0.305 e. The Balaban J connectivity index is 1.81. The van der Waals surface area contributed by atoms with Gasteiger partial charge in [-0.15, -0.1) is 0 Å². The molecule has 1 saturated heterocycles. The first-order valence-corrected chi connectivity index (χ1v) is 7.65. The number of rotatable bonds is 4. The number of allylic oxidation sites excluding steroid dienone is 2. The third-order valence-electron chi connectivity index (χ3n) is 4.57. The first kappa shape index (κ1) is 15.1. The zero-order chi connectivity index (χ0) is 14.4. The zero-order valence-electron chi connectivity index (χ0n) is 12.4. The number of carbonyl (C=O) groups is 2. The van der Waals surface area contributed by atoms with Crippen LogP contribution in [-0.2, 0) is 14.3 Å². The molecule has 1 unspecified atom stereocenters. The van der Waals surface area contributed by atoms with E-state index in [4.69, 9.17) is 0 Å². The highest BCUT2D eigenvalue weighted by molar-refractivity contribution is 5.77. The van der Waals surface area contributed by atoms with Crippen molar-refractivity contribution in [3.05, 3.63) is 12.2 Å². The maximum absolute atomic E-state index is 12.2. The van der Waals surface area contributed by atoms with Gasteiger partial charge in [0, 0.05) is 25.9 Å². The summed E-state index contributed by atoms with van der Waals surface area (Å²) >= 11 is 0. The summed E-state index contributed by atoms with van der Waals surface area (Å²) in [5, 5.41) is 0. The highest BCUT2D eigenvalue weighted by Crippen LogP contribution is 2.40. The fraction of sp³-hybridized carbons (Fsp3) is 0.750. The van der Waals surface area contributed by atoms with Crippen molar-refractivity contribution in [3.8, 4) is 0 Å². The minimum atomic E-state index is -0.231. The Kier molecular flexibility index (Phi) is 5.21. The molecule has 4 nitrogen and oxygen atoms in total. The van der Waals surface area contributed by atoms with Crippen molar-refractivity contribution in [3.63, 3.8) is 0 Å². The summed E-state index contributed by atoms with van der Waals surface area (Å²) in [6.45, 7) is 1.77. The van der Waals surface area contributed by atoms with Gasteiger partial charge in [-0.3, -0.25) is 9.59 Å². The van der Waals surface area contributed by atoms with E-state index in [1.165, 1.54) is 20.0 Å². The van der Waals surface area contributed by atoms with Crippen LogP contribution in [0.2, 0.25) is 0 Å². The van der Waals surface area contributed by atoms with E-state index in [0.717, 1.165) is 32.4 Å². The maximum Gasteiger partial charge on any atom is 0.305 e. The molecule has 1 amide bonds. The number of esters is 1. The maximum atomic E-state index is 12.2. The molecule has 1 atom stereocenters. The second-order valence-corrected chi connectivity index (χ2v) is 6.06. The van der Waals surface area contributed by atoms with E-state index < -0.39 is 0 Å². The Hall–Kier alpha value is -1.32. The van der Waals surface area contributed by atoms with Crippen molar-refractivity contribution >= 4 is 11.9 Å². The molecular formula is C16H25NO3. The summed E-state index contributed by atoms with van der Waals surface area (Å²) < 4.78 is 4.60. The summed E-state index contributed by atoms with van der Waals surface area (Å²) in [7, 11) is 1.38. The van der Waals surface area contributed by atoms with Crippen LogP contribution >= 0.6 is 0 Å². The second-order valence-electron chi connectivity index (χ2n) is 6.06. The van der Waals surface area contributed by atoms with E-state index in [1.807, 2.05) is 4.90 Å². The van der Waals surface area contributed by atoms with Crippen LogP contribution in [0, 0.1) is 5.41 Å². The zero-order valence-corrected chi connectivity index (χ0v) is 12.4. The standard InChI is InChI=1S/C16H25NO3/c1-20-15(19)8-5-7-14(18)17-12-6-11-16(13-17)9-3-2-4-10-16/h2-3H,4-13H2,1H3. The van der Waals surface area contributed by atoms with Gasteiger partial charge in [-0.1, -0.05) is 12.2 Å². The molecule has 1 fully saturated rings. The largest absolute Gasteiger partial charge is 0.469 e. The fourth-order valence-corrected chi connectivity index (χ4v) is 3.38. The molecule has 2 aliphatic rings. The molecule has 112 valence electrons. The first-order valence-electron chi connectivity index (χ1n) is 7.65. The van der Waals surface area contributed by atoms with Gasteiger partial charge in [-0.05, 0) is 43.9 Å². The highest BCUT2D eigenvalue weighted by atomic mass is 16.5. The number of likely N-dealkylation sites (tertiary alicyclic amines) is 1. The minimum absolute atomic E-state index is 0.197. The first-order chi connectivity index (χ1) is 9.65. The Morgan fingerprint density at radius 2 is 2.10 bits per heavy atom. The molecular weight excluding hydrogens is 254 g/mol. The summed E-state index contributed by atoms with van der Waals surface area (Å²) in [4.78, 5) is 25.3. The molecule has 1 aliphatic heterocycles. The van der Waals surface area contributed by atoms with Gasteiger partial charge in [0.25, 0.3) is 0 Å². The van der Waals surface area contributed by atoms with Gasteiger partial charge in [0.05, 0.1) is 7.11 Å². The van der Waals surface area contributed by atoms with Gasteiger partial charge in [0.15, 0.2) is 0 Å². The normalized spacial score (nSPS) is 25.8. The van der Waals surface area contributed by atoms with E-state index in [9.17, 15) is 9.59 Å². The van der Waals surface area contributed by atoms with Crippen LogP contribution in [0.3, 0.4) is 0 Å². The van der Waals surface area contributed by atoms with Crippen molar-refractivity contribution in [1.82, 2.24) is 4.90 Å². The van der Waals surface area contributed by atoms with Crippen LogP contribution in [0.1, 0.15) is 51.4 Å². The highest BCUT2D eigenvalue weighted by Gasteiger charge is 2.36. The predicted octanol–water partition coefficient (Wildman–Crippen LogP) is 2.68. The van der Waals surface area contributed by atoms with Crippen molar-refractivity contribution in [2.45, 2.75) is 51.4 Å². The van der Waals surface area contributed by atoms with Crippen LogP contribution in [0.4, 0.5) is 0 Å². The third-order valence-corrected chi connectivity index (χ3v) is 4.57. The number of nitrogens with zero attached hydrogens (tertiary/aromatic N) is 1. The Bertz CT molecular complexity index is 391. The minimum Gasteiger partial charge on any atom is -0.469 e. The summed E-state index contributed by atoms with van der Waals surface area (Å²) in [6.07, 6.45) is 11.7. The molecule has 0 aromatic carbocycles. The topological polar surface area (TPSA) is 46.6 Å². The Morgan fingerprint density at radius 1 is 1.25 bits per heavy atom. The molecule has 0 N–H and O–H groups in total. The van der Waals surface area contributed by atoms with E-state index in [0.29, 0.717) is 24.7 Å². The van der Waals surface area contributed by atoms with Crippen LogP contribution in [0.25, 0.3) is 0 Å². The van der Waals surface area contributed by atoms with Gasteiger partial charge in [0.2, 0.25) is 5.91 Å². The number of amides is 1. The molecule has 2 rings (SSSR count).